The minimum absolute atomic E-state index is 0.266. The van der Waals surface area contributed by atoms with Gasteiger partial charge >= 0.3 is 6.09 Å². The van der Waals surface area contributed by atoms with E-state index in [0.717, 1.165) is 23.0 Å². The fourth-order valence-electron chi connectivity index (χ4n) is 4.96. The van der Waals surface area contributed by atoms with Crippen molar-refractivity contribution in [3.8, 4) is 28.1 Å². The number of carbonyl (C=O) groups is 1. The maximum Gasteiger partial charge on any atom is 0.409 e. The lowest BCUT2D eigenvalue weighted by atomic mass is 10.0. The van der Waals surface area contributed by atoms with Crippen LogP contribution in [0.3, 0.4) is 0 Å². The van der Waals surface area contributed by atoms with Crippen molar-refractivity contribution in [3.63, 3.8) is 0 Å². The van der Waals surface area contributed by atoms with Gasteiger partial charge in [-0.25, -0.2) is 18.9 Å². The number of rotatable bonds is 8. The zero-order valence-electron chi connectivity index (χ0n) is 22.5. The van der Waals surface area contributed by atoms with Crippen LogP contribution < -0.4 is 10.9 Å². The van der Waals surface area contributed by atoms with Gasteiger partial charge in [-0.05, 0) is 53.1 Å². The molecule has 3 aromatic heterocycles. The van der Waals surface area contributed by atoms with Gasteiger partial charge in [-0.15, -0.1) is 0 Å². The van der Waals surface area contributed by atoms with Crippen LogP contribution in [0.5, 0.6) is 0 Å². The van der Waals surface area contributed by atoms with Crippen LogP contribution in [0.2, 0.25) is 5.02 Å². The lowest BCUT2D eigenvalue weighted by Gasteiger charge is -2.19. The highest BCUT2D eigenvalue weighted by atomic mass is 35.5. The molecule has 3 heterocycles. The van der Waals surface area contributed by atoms with Crippen LogP contribution in [-0.4, -0.2) is 35.5 Å². The Hall–Kier alpha value is -5.48. The van der Waals surface area contributed by atoms with Crippen LogP contribution in [0.15, 0.2) is 115 Å². The smallest absolute Gasteiger partial charge is 0.409 e. The van der Waals surface area contributed by atoms with Gasteiger partial charge in [-0.1, -0.05) is 54.1 Å². The van der Waals surface area contributed by atoms with E-state index in [1.807, 2.05) is 36.4 Å². The number of anilines is 1. The van der Waals surface area contributed by atoms with Gasteiger partial charge in [0.1, 0.15) is 5.82 Å². The normalized spacial score (nSPS) is 11.8. The van der Waals surface area contributed by atoms with Gasteiger partial charge in [0.15, 0.2) is 5.82 Å². The zero-order chi connectivity index (χ0) is 29.9. The number of carboxylic acid groups (broad SMARTS) is 1. The summed E-state index contributed by atoms with van der Waals surface area (Å²) in [5, 5.41) is 15.8. The first-order valence-electron chi connectivity index (χ1n) is 13.3. The van der Waals surface area contributed by atoms with Crippen molar-refractivity contribution < 1.29 is 14.3 Å². The molecular weight excluding hydrogens is 571 g/mol. The maximum absolute atomic E-state index is 13.7. The highest BCUT2D eigenvalue weighted by molar-refractivity contribution is 6.31. The van der Waals surface area contributed by atoms with E-state index in [9.17, 15) is 14.0 Å². The van der Waals surface area contributed by atoms with Gasteiger partial charge in [-0.2, -0.15) is 5.10 Å². The summed E-state index contributed by atoms with van der Waals surface area (Å²) in [6.45, 7) is 0. The summed E-state index contributed by atoms with van der Waals surface area (Å²) in [6, 6.07) is 24.7. The molecule has 9 nitrogen and oxygen atoms in total. The summed E-state index contributed by atoms with van der Waals surface area (Å²) in [5.74, 6) is 0.0997. The summed E-state index contributed by atoms with van der Waals surface area (Å²) in [5.41, 5.74) is 4.52. The Balaban J connectivity index is 1.38. The fourth-order valence-corrected chi connectivity index (χ4v) is 5.13. The third kappa shape index (κ3) is 6.09. The molecule has 0 aliphatic rings. The quantitative estimate of drug-likeness (QED) is 0.179. The number of amides is 1. The van der Waals surface area contributed by atoms with Crippen molar-refractivity contribution in [2.45, 2.75) is 12.5 Å². The fraction of sp³-hybridized carbons (Fsp3) is 0.0625. The molecule has 0 saturated carbocycles. The van der Waals surface area contributed by atoms with Gasteiger partial charge in [0, 0.05) is 35.0 Å². The number of nitrogens with one attached hydrogen (secondary N) is 2. The highest BCUT2D eigenvalue weighted by Crippen LogP contribution is 2.30. The minimum Gasteiger partial charge on any atom is -0.465 e. The van der Waals surface area contributed by atoms with E-state index in [1.165, 1.54) is 16.9 Å². The molecule has 0 aliphatic carbocycles. The van der Waals surface area contributed by atoms with Crippen molar-refractivity contribution in [1.82, 2.24) is 24.3 Å². The Morgan fingerprint density at radius 3 is 2.49 bits per heavy atom. The van der Waals surface area contributed by atoms with Crippen molar-refractivity contribution >= 4 is 23.4 Å². The first kappa shape index (κ1) is 27.7. The zero-order valence-corrected chi connectivity index (χ0v) is 23.2. The molecule has 0 saturated heterocycles. The molecule has 1 atom stereocenters. The Kier molecular flexibility index (Phi) is 7.59. The van der Waals surface area contributed by atoms with E-state index in [4.69, 9.17) is 16.7 Å². The number of aromatic nitrogens is 5. The number of hydrogen-bond donors (Lipinski definition) is 3. The first-order chi connectivity index (χ1) is 20.8. The van der Waals surface area contributed by atoms with Crippen LogP contribution in [0, 0.1) is 5.82 Å². The van der Waals surface area contributed by atoms with Crippen molar-refractivity contribution in [3.05, 3.63) is 142 Å². The molecule has 0 aliphatic heterocycles. The van der Waals surface area contributed by atoms with Gasteiger partial charge in [0.2, 0.25) is 0 Å². The first-order valence-corrected chi connectivity index (χ1v) is 13.6. The number of pyridine rings is 1. The Morgan fingerprint density at radius 2 is 1.79 bits per heavy atom. The molecule has 0 unspecified atom stereocenters. The largest absolute Gasteiger partial charge is 0.465 e. The molecule has 1 amide bonds. The van der Waals surface area contributed by atoms with Crippen LogP contribution in [0.25, 0.3) is 28.1 Å². The number of benzene rings is 3. The second-order valence-electron chi connectivity index (χ2n) is 9.82. The van der Waals surface area contributed by atoms with Crippen molar-refractivity contribution in [2.24, 2.45) is 0 Å². The predicted molar refractivity (Wildman–Crippen MR) is 162 cm³/mol. The van der Waals surface area contributed by atoms with Gasteiger partial charge in [-0.3, -0.25) is 10.1 Å². The summed E-state index contributed by atoms with van der Waals surface area (Å²) in [4.78, 5) is 32.6. The molecule has 0 bridgehead atoms. The third-order valence-electron chi connectivity index (χ3n) is 6.98. The molecule has 3 aromatic carbocycles. The number of nitrogens with zero attached hydrogens (tertiary/aromatic N) is 4. The van der Waals surface area contributed by atoms with Crippen molar-refractivity contribution in [1.29, 1.82) is 0 Å². The van der Waals surface area contributed by atoms with E-state index in [1.54, 1.807) is 59.4 Å². The molecule has 0 radical (unpaired) electrons. The number of aromatic amines is 1. The molecule has 6 rings (SSSR count). The average Bonchev–Trinajstić information content (AvgIpc) is 3.66. The summed E-state index contributed by atoms with van der Waals surface area (Å²) in [7, 11) is 0. The molecule has 6 aromatic rings. The van der Waals surface area contributed by atoms with Crippen molar-refractivity contribution in [2.75, 3.05) is 5.32 Å². The Labute approximate surface area is 249 Å². The van der Waals surface area contributed by atoms with E-state index >= 15 is 0 Å². The third-order valence-corrected chi connectivity index (χ3v) is 7.22. The molecule has 43 heavy (non-hydrogen) atoms. The second-order valence-corrected chi connectivity index (χ2v) is 10.3. The predicted octanol–water partition coefficient (Wildman–Crippen LogP) is 6.81. The van der Waals surface area contributed by atoms with Crippen LogP contribution in [-0.2, 0) is 6.42 Å². The van der Waals surface area contributed by atoms with Crippen LogP contribution >= 0.6 is 11.6 Å². The van der Waals surface area contributed by atoms with Gasteiger partial charge in [0.05, 0.1) is 36.0 Å². The lowest BCUT2D eigenvalue weighted by Crippen LogP contribution is -2.27. The molecular formula is C32H24ClFN6O3. The van der Waals surface area contributed by atoms with Crippen LogP contribution in [0.1, 0.15) is 17.4 Å². The number of halogens is 2. The minimum atomic E-state index is -1.14. The SMILES string of the molecule is O=C(O)Nc1ccc(-c2cnc([C@H](Cc3ccccc3)n3ccc(-c4cc(Cl)ccc4-n4cc(F)cn4)cc3=O)[nH]2)cc1. The highest BCUT2D eigenvalue weighted by Gasteiger charge is 2.21. The maximum atomic E-state index is 13.7. The molecule has 3 N–H and O–H groups in total. The van der Waals surface area contributed by atoms with E-state index in [0.29, 0.717) is 39.8 Å². The van der Waals surface area contributed by atoms with Crippen LogP contribution in [0.4, 0.5) is 14.9 Å². The number of hydrogen-bond acceptors (Lipinski definition) is 4. The van der Waals surface area contributed by atoms with E-state index < -0.39 is 18.0 Å². The number of imidazole rings is 1. The molecule has 214 valence electrons. The summed E-state index contributed by atoms with van der Waals surface area (Å²) >= 11 is 6.31. The Morgan fingerprint density at radius 1 is 1.00 bits per heavy atom. The summed E-state index contributed by atoms with van der Waals surface area (Å²) < 4.78 is 16.8. The Bertz CT molecular complexity index is 1970. The van der Waals surface area contributed by atoms with Gasteiger partial charge < -0.3 is 14.7 Å². The lowest BCUT2D eigenvalue weighted by molar-refractivity contribution is 0.209. The monoisotopic (exact) mass is 594 g/mol. The van der Waals surface area contributed by atoms with Gasteiger partial charge in [0.25, 0.3) is 5.56 Å². The van der Waals surface area contributed by atoms with E-state index in [2.05, 4.69) is 20.4 Å². The van der Waals surface area contributed by atoms with E-state index in [-0.39, 0.29) is 5.56 Å². The second kappa shape index (κ2) is 11.8. The average molecular weight is 595 g/mol. The topological polar surface area (TPSA) is 118 Å². The molecule has 0 spiro atoms. The molecule has 11 heteroatoms. The molecule has 0 fully saturated rings. The number of H-pyrrole nitrogens is 1. The summed E-state index contributed by atoms with van der Waals surface area (Å²) in [6.07, 6.45) is 5.13. The standard InChI is InChI=1S/C32H24ClFN6O3/c33-23-8-11-28(40-19-24(34)17-36-40)26(16-23)22-12-13-39(30(41)15-22)29(14-20-4-2-1-3-5-20)31-35-18-27(38-31)21-6-9-25(10-7-21)37-32(42)43/h1-13,15-19,29,37H,14H2,(H,35,38)(H,42,43)/t29-/m0/s1.